The lowest BCUT2D eigenvalue weighted by atomic mass is 9.95. The predicted molar refractivity (Wildman–Crippen MR) is 128 cm³/mol. The molecular weight excluding hydrogens is 454 g/mol. The molecule has 4 rings (SSSR count). The van der Waals surface area contributed by atoms with Crippen molar-refractivity contribution in [3.63, 3.8) is 0 Å². The fourth-order valence-corrected chi connectivity index (χ4v) is 4.01. The first-order valence-electron chi connectivity index (χ1n) is 11.5. The van der Waals surface area contributed by atoms with Crippen LogP contribution in [0.4, 0.5) is 19.3 Å². The summed E-state index contributed by atoms with van der Waals surface area (Å²) in [7, 11) is 0. The molecule has 0 aliphatic carbocycles. The van der Waals surface area contributed by atoms with Gasteiger partial charge in [-0.05, 0) is 76.1 Å². The molecule has 2 N–H and O–H groups in total. The second kappa shape index (κ2) is 9.85. The Kier molecular flexibility index (Phi) is 6.86. The number of ether oxygens (including phenoxy) is 1. The van der Waals surface area contributed by atoms with Gasteiger partial charge in [-0.15, -0.1) is 0 Å². The van der Waals surface area contributed by atoms with Crippen LogP contribution in [-0.2, 0) is 4.74 Å². The second-order valence-electron chi connectivity index (χ2n) is 9.58. The van der Waals surface area contributed by atoms with Crippen LogP contribution in [0.1, 0.15) is 55.7 Å². The van der Waals surface area contributed by atoms with Crippen molar-refractivity contribution in [3.05, 3.63) is 71.7 Å². The third-order valence-corrected chi connectivity index (χ3v) is 5.77. The molecule has 2 amide bonds. The second-order valence-corrected chi connectivity index (χ2v) is 9.58. The van der Waals surface area contributed by atoms with Crippen molar-refractivity contribution < 1.29 is 23.1 Å². The number of halogens is 2. The molecule has 0 unspecified atom stereocenters. The van der Waals surface area contributed by atoms with Crippen LogP contribution >= 0.6 is 0 Å². The van der Waals surface area contributed by atoms with Gasteiger partial charge >= 0.3 is 6.09 Å². The fraction of sp³-hybridized carbons (Fsp3) is 0.346. The molecular formula is C26H28F2N4O3. The van der Waals surface area contributed by atoms with Crippen molar-refractivity contribution >= 4 is 17.7 Å². The van der Waals surface area contributed by atoms with E-state index in [1.165, 1.54) is 6.07 Å². The fourth-order valence-electron chi connectivity index (χ4n) is 4.01. The summed E-state index contributed by atoms with van der Waals surface area (Å²) in [4.78, 5) is 34.3. The number of likely N-dealkylation sites (tertiary alicyclic amines) is 1. The van der Waals surface area contributed by atoms with E-state index < -0.39 is 23.3 Å². The number of nitrogens with zero attached hydrogens (tertiary/aromatic N) is 2. The Morgan fingerprint density at radius 1 is 1.06 bits per heavy atom. The molecule has 35 heavy (non-hydrogen) atoms. The van der Waals surface area contributed by atoms with Crippen molar-refractivity contribution in [2.24, 2.45) is 0 Å². The van der Waals surface area contributed by atoms with Gasteiger partial charge in [0.15, 0.2) is 11.6 Å². The zero-order valence-corrected chi connectivity index (χ0v) is 19.9. The normalized spacial score (nSPS) is 14.6. The molecule has 0 bridgehead atoms. The summed E-state index contributed by atoms with van der Waals surface area (Å²) in [5, 5.41) is 2.65. The molecule has 7 nitrogen and oxygen atoms in total. The molecule has 0 radical (unpaired) electrons. The van der Waals surface area contributed by atoms with Gasteiger partial charge in [0.25, 0.3) is 5.91 Å². The van der Waals surface area contributed by atoms with E-state index in [4.69, 9.17) is 4.74 Å². The number of amides is 2. The molecule has 0 saturated carbocycles. The number of rotatable bonds is 4. The molecule has 0 spiro atoms. The number of H-pyrrole nitrogens is 1. The van der Waals surface area contributed by atoms with Gasteiger partial charge in [0, 0.05) is 35.8 Å². The van der Waals surface area contributed by atoms with Crippen LogP contribution in [0.2, 0.25) is 0 Å². The Morgan fingerprint density at radius 2 is 1.74 bits per heavy atom. The van der Waals surface area contributed by atoms with Gasteiger partial charge in [-0.25, -0.2) is 18.6 Å². The molecule has 1 saturated heterocycles. The number of hydrogen-bond acceptors (Lipinski definition) is 4. The molecule has 1 aliphatic heterocycles. The molecule has 0 atom stereocenters. The molecule has 2 aromatic carbocycles. The van der Waals surface area contributed by atoms with E-state index in [0.717, 1.165) is 30.8 Å². The minimum Gasteiger partial charge on any atom is -0.444 e. The van der Waals surface area contributed by atoms with Crippen molar-refractivity contribution in [2.75, 3.05) is 18.4 Å². The smallest absolute Gasteiger partial charge is 0.412 e. The lowest BCUT2D eigenvalue weighted by Crippen LogP contribution is -2.38. The van der Waals surface area contributed by atoms with E-state index in [9.17, 15) is 18.4 Å². The first-order chi connectivity index (χ1) is 16.6. The largest absolute Gasteiger partial charge is 0.444 e. The monoisotopic (exact) mass is 482 g/mol. The Labute approximate surface area is 202 Å². The summed E-state index contributed by atoms with van der Waals surface area (Å²) in [6.45, 7) is 6.50. The lowest BCUT2D eigenvalue weighted by molar-refractivity contribution is 0.0635. The predicted octanol–water partition coefficient (Wildman–Crippen LogP) is 5.72. The highest BCUT2D eigenvalue weighted by molar-refractivity contribution is 5.95. The number of carbonyl (C=O) groups is 2. The minimum absolute atomic E-state index is 0.0748. The average molecular weight is 483 g/mol. The Hall–Kier alpha value is -3.75. The average Bonchev–Trinajstić information content (AvgIpc) is 3.30. The van der Waals surface area contributed by atoms with E-state index in [0.29, 0.717) is 35.6 Å². The quantitative estimate of drug-likeness (QED) is 0.498. The summed E-state index contributed by atoms with van der Waals surface area (Å²) in [6.07, 6.45) is 2.53. The molecule has 9 heteroatoms. The van der Waals surface area contributed by atoms with Gasteiger partial charge in [0.2, 0.25) is 0 Å². The highest BCUT2D eigenvalue weighted by Gasteiger charge is 2.26. The van der Waals surface area contributed by atoms with Gasteiger partial charge in [-0.2, -0.15) is 0 Å². The molecule has 1 aliphatic rings. The standard InChI is InChI=1S/C26H28F2N4O3/c1-26(2,3)35-25(34)30-19-7-4-17(5-8-19)24(33)32-12-10-16(11-13-32)23-29-15-22(31-23)18-6-9-20(27)21(28)14-18/h4-9,14-16H,10-13H2,1-3H3,(H,29,31)(H,30,34). The van der Waals surface area contributed by atoms with Crippen molar-refractivity contribution in [3.8, 4) is 11.3 Å². The Bertz CT molecular complexity index is 1210. The third kappa shape index (κ3) is 6.03. The van der Waals surface area contributed by atoms with Crippen LogP contribution in [0.5, 0.6) is 0 Å². The minimum atomic E-state index is -0.904. The van der Waals surface area contributed by atoms with Crippen molar-refractivity contribution in [1.82, 2.24) is 14.9 Å². The molecule has 3 aromatic rings. The highest BCUT2D eigenvalue weighted by Crippen LogP contribution is 2.29. The SMILES string of the molecule is CC(C)(C)OC(=O)Nc1ccc(C(=O)N2CCC(c3ncc(-c4ccc(F)c(F)c4)[nH]3)CC2)cc1. The summed E-state index contributed by atoms with van der Waals surface area (Å²) in [5.41, 5.74) is 1.64. The zero-order valence-electron chi connectivity index (χ0n) is 19.9. The number of anilines is 1. The maximum absolute atomic E-state index is 13.6. The van der Waals surface area contributed by atoms with Crippen molar-refractivity contribution in [2.45, 2.75) is 45.1 Å². The summed E-state index contributed by atoms with van der Waals surface area (Å²) >= 11 is 0. The maximum Gasteiger partial charge on any atom is 0.412 e. The highest BCUT2D eigenvalue weighted by atomic mass is 19.2. The Balaban J connectivity index is 1.32. The van der Waals surface area contributed by atoms with Crippen LogP contribution < -0.4 is 5.32 Å². The number of benzene rings is 2. The summed E-state index contributed by atoms with van der Waals surface area (Å²) in [6, 6.07) is 10.4. The maximum atomic E-state index is 13.6. The summed E-state index contributed by atoms with van der Waals surface area (Å²) < 4.78 is 32.0. The number of aromatic amines is 1. The number of carbonyl (C=O) groups excluding carboxylic acids is 2. The zero-order chi connectivity index (χ0) is 25.2. The molecule has 184 valence electrons. The molecule has 1 fully saturated rings. The lowest BCUT2D eigenvalue weighted by Gasteiger charge is -2.31. The first-order valence-corrected chi connectivity index (χ1v) is 11.5. The first kappa shape index (κ1) is 24.4. The van der Waals surface area contributed by atoms with Crippen LogP contribution in [0, 0.1) is 11.6 Å². The molecule has 1 aromatic heterocycles. The third-order valence-electron chi connectivity index (χ3n) is 5.77. The summed E-state index contributed by atoms with van der Waals surface area (Å²) in [5.74, 6) is -0.958. The van der Waals surface area contributed by atoms with E-state index in [1.54, 1.807) is 56.1 Å². The van der Waals surface area contributed by atoms with Crippen LogP contribution in [0.25, 0.3) is 11.3 Å². The molecule has 2 heterocycles. The van der Waals surface area contributed by atoms with E-state index in [-0.39, 0.29) is 11.8 Å². The number of hydrogen-bond donors (Lipinski definition) is 2. The van der Waals surface area contributed by atoms with Gasteiger partial charge in [-0.3, -0.25) is 10.1 Å². The van der Waals surface area contributed by atoms with Crippen molar-refractivity contribution in [1.29, 1.82) is 0 Å². The number of aromatic nitrogens is 2. The van der Waals surface area contributed by atoms with Gasteiger partial charge in [0.05, 0.1) is 11.9 Å². The van der Waals surface area contributed by atoms with Crippen LogP contribution in [0.15, 0.2) is 48.7 Å². The topological polar surface area (TPSA) is 87.3 Å². The van der Waals surface area contributed by atoms with Gasteiger partial charge in [0.1, 0.15) is 11.4 Å². The van der Waals surface area contributed by atoms with Gasteiger partial charge in [-0.1, -0.05) is 0 Å². The number of nitrogens with one attached hydrogen (secondary N) is 2. The van der Waals surface area contributed by atoms with E-state index in [2.05, 4.69) is 15.3 Å². The van der Waals surface area contributed by atoms with Gasteiger partial charge < -0.3 is 14.6 Å². The van der Waals surface area contributed by atoms with E-state index >= 15 is 0 Å². The van der Waals surface area contributed by atoms with Crippen LogP contribution in [-0.4, -0.2) is 45.6 Å². The van der Waals surface area contributed by atoms with Crippen LogP contribution in [0.3, 0.4) is 0 Å². The van der Waals surface area contributed by atoms with E-state index in [1.807, 2.05) is 0 Å². The Morgan fingerprint density at radius 3 is 2.37 bits per heavy atom. The number of imidazole rings is 1. The number of piperidine rings is 1.